The lowest BCUT2D eigenvalue weighted by Gasteiger charge is -2.08. The molecule has 0 atom stereocenters. The van der Waals surface area contributed by atoms with Crippen molar-refractivity contribution in [2.45, 2.75) is 20.8 Å². The van der Waals surface area contributed by atoms with Crippen molar-refractivity contribution >= 4 is 17.2 Å². The molecule has 0 spiro atoms. The molecule has 3 nitrogen and oxygen atoms in total. The molecule has 0 radical (unpaired) electrons. The van der Waals surface area contributed by atoms with Crippen LogP contribution < -0.4 is 0 Å². The molecule has 0 bridgehead atoms. The minimum absolute atomic E-state index is 0.125. The molecule has 56 valence electrons. The van der Waals surface area contributed by atoms with Crippen LogP contribution in [0.15, 0.2) is 0 Å². The molecule has 0 aromatic rings. The number of nitrogens with one attached hydrogen (secondary N) is 2. The van der Waals surface area contributed by atoms with Gasteiger partial charge in [-0.2, -0.15) is 0 Å². The topological polar surface area (TPSA) is 64.8 Å². The highest BCUT2D eigenvalue weighted by atomic mass is 16.1. The van der Waals surface area contributed by atoms with Gasteiger partial charge in [-0.05, 0) is 20.8 Å². The Morgan fingerprint density at radius 2 is 1.40 bits per heavy atom. The Balaban J connectivity index is 4.43. The average Bonchev–Trinajstić information content (AvgIpc) is 1.59. The predicted molar refractivity (Wildman–Crippen MR) is 41.0 cm³/mol. The minimum atomic E-state index is -0.583. The van der Waals surface area contributed by atoms with Crippen LogP contribution in [0.5, 0.6) is 0 Å². The molecule has 0 aliphatic rings. The molecule has 3 heteroatoms. The molecule has 0 fully saturated rings. The third-order valence-corrected chi connectivity index (χ3v) is 1.27. The summed E-state index contributed by atoms with van der Waals surface area (Å²) in [6, 6.07) is 0. The van der Waals surface area contributed by atoms with Crippen molar-refractivity contribution in [3.63, 3.8) is 0 Å². The van der Waals surface area contributed by atoms with Gasteiger partial charge in [0.15, 0.2) is 0 Å². The van der Waals surface area contributed by atoms with Gasteiger partial charge < -0.3 is 10.8 Å². The summed E-state index contributed by atoms with van der Waals surface area (Å²) in [5.74, 6) is -0.708. The molecular weight excluding hydrogens is 128 g/mol. The van der Waals surface area contributed by atoms with Crippen LogP contribution in [0.1, 0.15) is 20.8 Å². The molecule has 0 rings (SSSR count). The van der Waals surface area contributed by atoms with Crippen LogP contribution in [0.25, 0.3) is 0 Å². The van der Waals surface area contributed by atoms with Crippen LogP contribution in [-0.4, -0.2) is 17.2 Å². The Hall–Kier alpha value is -0.990. The smallest absolute Gasteiger partial charge is 0.144 e. The Morgan fingerprint density at radius 3 is 1.40 bits per heavy atom. The van der Waals surface area contributed by atoms with Crippen molar-refractivity contribution in [1.82, 2.24) is 0 Å². The van der Waals surface area contributed by atoms with Gasteiger partial charge in [-0.25, -0.2) is 0 Å². The zero-order valence-corrected chi connectivity index (χ0v) is 6.49. The van der Waals surface area contributed by atoms with Crippen molar-refractivity contribution in [2.75, 3.05) is 0 Å². The Kier molecular flexibility index (Phi) is 2.93. The maximum Gasteiger partial charge on any atom is 0.144 e. The standard InChI is InChI=1S/C7H12N2O/c1-4(8)7(5(2)9)6(3)10/h7-9H,1-3H3. The fraction of sp³-hybridized carbons (Fsp3) is 0.571. The summed E-state index contributed by atoms with van der Waals surface area (Å²) in [7, 11) is 0. The number of hydrogen-bond acceptors (Lipinski definition) is 3. The quantitative estimate of drug-likeness (QED) is 0.569. The summed E-state index contributed by atoms with van der Waals surface area (Å²) in [4.78, 5) is 10.7. The largest absolute Gasteiger partial charge is 0.309 e. The second-order valence-electron chi connectivity index (χ2n) is 2.41. The van der Waals surface area contributed by atoms with Crippen LogP contribution in [0.4, 0.5) is 0 Å². The monoisotopic (exact) mass is 140 g/mol. The molecule has 0 aliphatic heterocycles. The van der Waals surface area contributed by atoms with Gasteiger partial charge in [0.05, 0.1) is 5.92 Å². The second kappa shape index (κ2) is 3.25. The fourth-order valence-electron chi connectivity index (χ4n) is 0.935. The maximum absolute atomic E-state index is 10.7. The normalized spacial score (nSPS) is 12.3. The molecule has 0 saturated carbocycles. The summed E-state index contributed by atoms with van der Waals surface area (Å²) in [5, 5.41) is 14.3. The van der Waals surface area contributed by atoms with E-state index in [0.29, 0.717) is 0 Å². The van der Waals surface area contributed by atoms with E-state index in [1.54, 1.807) is 13.8 Å². The number of hydrogen-bond donors (Lipinski definition) is 2. The van der Waals surface area contributed by atoms with Crippen LogP contribution in [-0.2, 0) is 4.79 Å². The van der Waals surface area contributed by atoms with Crippen molar-refractivity contribution in [1.29, 1.82) is 10.8 Å². The molecular formula is C7H12N2O. The van der Waals surface area contributed by atoms with Crippen molar-refractivity contribution in [2.24, 2.45) is 5.92 Å². The molecule has 0 amide bonds. The van der Waals surface area contributed by atoms with Gasteiger partial charge in [0.2, 0.25) is 0 Å². The molecule has 10 heavy (non-hydrogen) atoms. The van der Waals surface area contributed by atoms with Crippen LogP contribution in [0.3, 0.4) is 0 Å². The van der Waals surface area contributed by atoms with Crippen LogP contribution in [0.2, 0.25) is 0 Å². The fourth-order valence-corrected chi connectivity index (χ4v) is 0.935. The number of rotatable bonds is 3. The lowest BCUT2D eigenvalue weighted by Crippen LogP contribution is -2.25. The Morgan fingerprint density at radius 1 is 1.10 bits per heavy atom. The number of carbonyl (C=O) groups excluding carboxylic acids is 1. The zero-order valence-electron chi connectivity index (χ0n) is 6.49. The Bertz CT molecular complexity index is 151. The lowest BCUT2D eigenvalue weighted by atomic mass is 9.96. The van der Waals surface area contributed by atoms with Gasteiger partial charge >= 0.3 is 0 Å². The van der Waals surface area contributed by atoms with E-state index in [1.165, 1.54) is 6.92 Å². The summed E-state index contributed by atoms with van der Waals surface area (Å²) in [6.45, 7) is 4.49. The average molecular weight is 140 g/mol. The second-order valence-corrected chi connectivity index (χ2v) is 2.41. The molecule has 0 aromatic heterocycles. The van der Waals surface area contributed by atoms with E-state index in [1.807, 2.05) is 0 Å². The molecule has 0 saturated heterocycles. The summed E-state index contributed by atoms with van der Waals surface area (Å²) >= 11 is 0. The van der Waals surface area contributed by atoms with Gasteiger partial charge in [0.1, 0.15) is 5.78 Å². The molecule has 2 N–H and O–H groups in total. The van der Waals surface area contributed by atoms with Crippen LogP contribution >= 0.6 is 0 Å². The molecule has 0 heterocycles. The van der Waals surface area contributed by atoms with E-state index in [4.69, 9.17) is 10.8 Å². The first-order valence-corrected chi connectivity index (χ1v) is 3.07. The Labute approximate surface area is 60.5 Å². The first kappa shape index (κ1) is 9.01. The van der Waals surface area contributed by atoms with E-state index >= 15 is 0 Å². The maximum atomic E-state index is 10.7. The van der Waals surface area contributed by atoms with E-state index in [0.717, 1.165) is 0 Å². The van der Waals surface area contributed by atoms with E-state index in [9.17, 15) is 4.79 Å². The molecule has 0 aliphatic carbocycles. The lowest BCUT2D eigenvalue weighted by molar-refractivity contribution is -0.117. The van der Waals surface area contributed by atoms with Crippen molar-refractivity contribution in [3.05, 3.63) is 0 Å². The number of Topliss-reactive ketones (excluding diaryl/α,β-unsaturated/α-hetero) is 1. The number of carbonyl (C=O) groups is 1. The SMILES string of the molecule is CC(=N)C(C(C)=N)C(C)=O. The molecule has 0 unspecified atom stereocenters. The van der Waals surface area contributed by atoms with Crippen molar-refractivity contribution < 1.29 is 4.79 Å². The first-order valence-electron chi connectivity index (χ1n) is 3.07. The first-order chi connectivity index (χ1) is 4.46. The van der Waals surface area contributed by atoms with E-state index < -0.39 is 5.92 Å². The highest BCUT2D eigenvalue weighted by Gasteiger charge is 2.17. The third-order valence-electron chi connectivity index (χ3n) is 1.27. The van der Waals surface area contributed by atoms with Gasteiger partial charge in [-0.3, -0.25) is 4.79 Å². The number of ketones is 1. The molecule has 0 aromatic carbocycles. The summed E-state index contributed by atoms with van der Waals surface area (Å²) in [5.41, 5.74) is 0.500. The van der Waals surface area contributed by atoms with Gasteiger partial charge in [-0.15, -0.1) is 0 Å². The van der Waals surface area contributed by atoms with E-state index in [2.05, 4.69) is 0 Å². The van der Waals surface area contributed by atoms with Crippen LogP contribution in [0, 0.1) is 16.7 Å². The van der Waals surface area contributed by atoms with Gasteiger partial charge in [-0.1, -0.05) is 0 Å². The highest BCUT2D eigenvalue weighted by molar-refractivity contribution is 6.19. The van der Waals surface area contributed by atoms with Gasteiger partial charge in [0, 0.05) is 11.4 Å². The minimum Gasteiger partial charge on any atom is -0.309 e. The van der Waals surface area contributed by atoms with Gasteiger partial charge in [0.25, 0.3) is 0 Å². The predicted octanol–water partition coefficient (Wildman–Crippen LogP) is 1.27. The highest BCUT2D eigenvalue weighted by Crippen LogP contribution is 2.01. The van der Waals surface area contributed by atoms with Crippen molar-refractivity contribution in [3.8, 4) is 0 Å². The third kappa shape index (κ3) is 2.09. The van der Waals surface area contributed by atoms with E-state index in [-0.39, 0.29) is 17.2 Å². The summed E-state index contributed by atoms with van der Waals surface area (Å²) < 4.78 is 0. The summed E-state index contributed by atoms with van der Waals surface area (Å²) in [6.07, 6.45) is 0. The zero-order chi connectivity index (χ0) is 8.31.